The predicted octanol–water partition coefficient (Wildman–Crippen LogP) is 2.64. The number of carbonyl (C=O) groups is 1. The first kappa shape index (κ1) is 11.8. The maximum absolute atomic E-state index is 11.5. The lowest BCUT2D eigenvalue weighted by Gasteiger charge is -2.04. The summed E-state index contributed by atoms with van der Waals surface area (Å²) < 4.78 is 0. The van der Waals surface area contributed by atoms with Crippen molar-refractivity contribution in [2.75, 3.05) is 6.54 Å². The fourth-order valence-electron chi connectivity index (χ4n) is 1.00. The van der Waals surface area contributed by atoms with Crippen LogP contribution in [0.1, 0.15) is 16.8 Å². The molecule has 78 valence electrons. The summed E-state index contributed by atoms with van der Waals surface area (Å²) in [6.07, 6.45) is 0.275. The number of carbonyl (C=O) groups excluding carboxylic acids is 1. The lowest BCUT2D eigenvalue weighted by atomic mass is 10.2. The third-order valence-electron chi connectivity index (χ3n) is 1.70. The predicted molar refractivity (Wildman–Crippen MR) is 59.0 cm³/mol. The Balaban J connectivity index is 2.70. The Morgan fingerprint density at radius 1 is 1.47 bits per heavy atom. The molecule has 1 aromatic rings. The van der Waals surface area contributed by atoms with Crippen molar-refractivity contribution in [2.24, 2.45) is 0 Å². The topological polar surface area (TPSA) is 52.9 Å². The van der Waals surface area contributed by atoms with E-state index in [0.29, 0.717) is 22.2 Å². The van der Waals surface area contributed by atoms with Gasteiger partial charge in [-0.3, -0.25) is 4.79 Å². The molecule has 1 rings (SSSR count). The summed E-state index contributed by atoms with van der Waals surface area (Å²) in [5, 5.41) is 11.6. The van der Waals surface area contributed by atoms with Gasteiger partial charge in [-0.15, -0.1) is 0 Å². The molecular weight excluding hydrogens is 235 g/mol. The Labute approximate surface area is 97.6 Å². The van der Waals surface area contributed by atoms with Crippen LogP contribution in [0.4, 0.5) is 0 Å². The fraction of sp³-hybridized carbons (Fsp3) is 0.200. The van der Waals surface area contributed by atoms with Gasteiger partial charge in [0.15, 0.2) is 0 Å². The highest BCUT2D eigenvalue weighted by Gasteiger charge is 2.09. The van der Waals surface area contributed by atoms with Crippen molar-refractivity contribution in [3.05, 3.63) is 33.8 Å². The molecule has 0 atom stereocenters. The van der Waals surface area contributed by atoms with E-state index in [-0.39, 0.29) is 12.3 Å². The third kappa shape index (κ3) is 3.43. The van der Waals surface area contributed by atoms with Crippen LogP contribution in [-0.4, -0.2) is 12.5 Å². The highest BCUT2D eigenvalue weighted by Crippen LogP contribution is 2.20. The van der Waals surface area contributed by atoms with Crippen molar-refractivity contribution in [2.45, 2.75) is 6.42 Å². The summed E-state index contributed by atoms with van der Waals surface area (Å²) in [5.74, 6) is -0.299. The lowest BCUT2D eigenvalue weighted by molar-refractivity contribution is 0.0954. The second-order valence-corrected chi connectivity index (χ2v) is 3.63. The molecule has 1 aromatic carbocycles. The van der Waals surface area contributed by atoms with Gasteiger partial charge >= 0.3 is 0 Å². The van der Waals surface area contributed by atoms with Gasteiger partial charge < -0.3 is 5.32 Å². The van der Waals surface area contributed by atoms with Gasteiger partial charge in [0, 0.05) is 11.6 Å². The van der Waals surface area contributed by atoms with Crippen LogP contribution < -0.4 is 5.32 Å². The Morgan fingerprint density at radius 3 is 2.80 bits per heavy atom. The zero-order chi connectivity index (χ0) is 11.3. The van der Waals surface area contributed by atoms with E-state index >= 15 is 0 Å². The van der Waals surface area contributed by atoms with Crippen LogP contribution >= 0.6 is 23.2 Å². The van der Waals surface area contributed by atoms with E-state index in [1.165, 1.54) is 6.07 Å². The number of hydrogen-bond donors (Lipinski definition) is 1. The van der Waals surface area contributed by atoms with Crippen LogP contribution in [0, 0.1) is 11.3 Å². The average Bonchev–Trinajstić information content (AvgIpc) is 2.17. The molecule has 0 aliphatic carbocycles. The zero-order valence-corrected chi connectivity index (χ0v) is 9.27. The molecule has 0 aromatic heterocycles. The first-order chi connectivity index (χ1) is 7.15. The molecule has 0 aliphatic rings. The first-order valence-electron chi connectivity index (χ1n) is 4.25. The molecule has 0 saturated carbocycles. The van der Waals surface area contributed by atoms with Crippen molar-refractivity contribution < 1.29 is 4.79 Å². The summed E-state index contributed by atoms with van der Waals surface area (Å²) in [7, 11) is 0. The van der Waals surface area contributed by atoms with E-state index in [9.17, 15) is 4.79 Å². The molecule has 0 radical (unpaired) electrons. The van der Waals surface area contributed by atoms with Crippen LogP contribution in [0.25, 0.3) is 0 Å². The van der Waals surface area contributed by atoms with Crippen LogP contribution in [0.15, 0.2) is 18.2 Å². The van der Waals surface area contributed by atoms with Crippen LogP contribution in [0.2, 0.25) is 10.0 Å². The summed E-state index contributed by atoms with van der Waals surface area (Å²) >= 11 is 11.5. The summed E-state index contributed by atoms with van der Waals surface area (Å²) in [4.78, 5) is 11.5. The molecule has 5 heteroatoms. The maximum atomic E-state index is 11.5. The molecule has 0 spiro atoms. The molecule has 15 heavy (non-hydrogen) atoms. The highest BCUT2D eigenvalue weighted by molar-refractivity contribution is 6.36. The van der Waals surface area contributed by atoms with Crippen molar-refractivity contribution in [3.8, 4) is 6.07 Å². The van der Waals surface area contributed by atoms with Gasteiger partial charge in [0.05, 0.1) is 23.1 Å². The van der Waals surface area contributed by atoms with Crippen LogP contribution in [-0.2, 0) is 0 Å². The molecular formula is C10H8Cl2N2O. The van der Waals surface area contributed by atoms with E-state index < -0.39 is 0 Å². The number of hydrogen-bond acceptors (Lipinski definition) is 2. The number of amides is 1. The Bertz CT molecular complexity index is 412. The average molecular weight is 243 g/mol. The molecule has 0 saturated heterocycles. The van der Waals surface area contributed by atoms with Gasteiger partial charge in [-0.2, -0.15) is 5.26 Å². The van der Waals surface area contributed by atoms with Gasteiger partial charge in [-0.25, -0.2) is 0 Å². The Morgan fingerprint density at radius 2 is 2.20 bits per heavy atom. The smallest absolute Gasteiger partial charge is 0.252 e. The van der Waals surface area contributed by atoms with E-state index in [0.717, 1.165) is 0 Å². The Hall–Kier alpha value is -1.24. The van der Waals surface area contributed by atoms with Crippen molar-refractivity contribution >= 4 is 29.1 Å². The minimum atomic E-state index is -0.299. The number of nitriles is 1. The van der Waals surface area contributed by atoms with Crippen molar-refractivity contribution in [1.29, 1.82) is 5.26 Å². The number of benzene rings is 1. The minimum Gasteiger partial charge on any atom is -0.351 e. The highest BCUT2D eigenvalue weighted by atomic mass is 35.5. The first-order valence-corrected chi connectivity index (χ1v) is 5.01. The molecule has 3 nitrogen and oxygen atoms in total. The standard InChI is InChI=1S/C10H8Cl2N2O/c11-7-2-3-8(9(12)6-7)10(15)14-5-1-4-13/h2-3,6H,1,5H2,(H,14,15). The van der Waals surface area contributed by atoms with E-state index in [1.807, 2.05) is 6.07 Å². The van der Waals surface area contributed by atoms with Crippen LogP contribution in [0.5, 0.6) is 0 Å². The number of nitrogens with one attached hydrogen (secondary N) is 1. The third-order valence-corrected chi connectivity index (χ3v) is 2.25. The lowest BCUT2D eigenvalue weighted by Crippen LogP contribution is -2.24. The van der Waals surface area contributed by atoms with E-state index in [1.54, 1.807) is 12.1 Å². The molecule has 0 aliphatic heterocycles. The summed E-state index contributed by atoms with van der Waals surface area (Å²) in [6.45, 7) is 0.314. The second-order valence-electron chi connectivity index (χ2n) is 2.79. The quantitative estimate of drug-likeness (QED) is 0.829. The normalized spacial score (nSPS) is 9.40. The molecule has 0 heterocycles. The fourth-order valence-corrected chi connectivity index (χ4v) is 1.50. The zero-order valence-electron chi connectivity index (χ0n) is 7.76. The second kappa shape index (κ2) is 5.59. The largest absolute Gasteiger partial charge is 0.351 e. The molecule has 1 amide bonds. The number of rotatable bonds is 3. The van der Waals surface area contributed by atoms with Gasteiger partial charge in [0.2, 0.25) is 0 Å². The molecule has 0 fully saturated rings. The van der Waals surface area contributed by atoms with Crippen LogP contribution in [0.3, 0.4) is 0 Å². The summed E-state index contributed by atoms with van der Waals surface area (Å²) in [5.41, 5.74) is 0.360. The van der Waals surface area contributed by atoms with E-state index in [2.05, 4.69) is 5.32 Å². The summed E-state index contributed by atoms with van der Waals surface area (Å²) in [6, 6.07) is 6.57. The molecule has 1 N–H and O–H groups in total. The molecule has 0 unspecified atom stereocenters. The van der Waals surface area contributed by atoms with Gasteiger partial charge in [-0.05, 0) is 18.2 Å². The number of halogens is 2. The number of nitrogens with zero attached hydrogens (tertiary/aromatic N) is 1. The maximum Gasteiger partial charge on any atom is 0.252 e. The monoisotopic (exact) mass is 242 g/mol. The van der Waals surface area contributed by atoms with Crippen molar-refractivity contribution in [3.63, 3.8) is 0 Å². The van der Waals surface area contributed by atoms with Crippen molar-refractivity contribution in [1.82, 2.24) is 5.32 Å². The van der Waals surface area contributed by atoms with Gasteiger partial charge in [0.25, 0.3) is 5.91 Å². The Kier molecular flexibility index (Phi) is 4.41. The van der Waals surface area contributed by atoms with Gasteiger partial charge in [-0.1, -0.05) is 23.2 Å². The molecule has 0 bridgehead atoms. The van der Waals surface area contributed by atoms with Gasteiger partial charge in [0.1, 0.15) is 0 Å². The minimum absolute atomic E-state index is 0.275. The van der Waals surface area contributed by atoms with E-state index in [4.69, 9.17) is 28.5 Å². The SMILES string of the molecule is N#CCCNC(=O)c1ccc(Cl)cc1Cl.